The Hall–Kier alpha value is -3.21. The van der Waals surface area contributed by atoms with Crippen LogP contribution in [0.4, 0.5) is 0 Å². The molecule has 1 aromatic rings. The molecule has 1 aliphatic rings. The second kappa shape index (κ2) is 20.8. The fourth-order valence-corrected chi connectivity index (χ4v) is 4.80. The molecule has 7 N–H and O–H groups in total. The van der Waals surface area contributed by atoms with E-state index in [2.05, 4.69) is 28.7 Å². The summed E-state index contributed by atoms with van der Waals surface area (Å²) >= 11 is 4.50. The molecule has 0 aliphatic carbocycles. The Morgan fingerprint density at radius 1 is 1.00 bits per heavy atom. The third-order valence-electron chi connectivity index (χ3n) is 7.07. The molecule has 1 heterocycles. The number of nitrogens with two attached hydrogens (primary N) is 1. The molecule has 3 atom stereocenters. The summed E-state index contributed by atoms with van der Waals surface area (Å²) in [6, 6.07) is 5.81. The van der Waals surface area contributed by atoms with Crippen LogP contribution in [0.25, 0.3) is 4.91 Å². The third-order valence-corrected chi connectivity index (χ3v) is 7.67. The summed E-state index contributed by atoms with van der Waals surface area (Å²) in [6.45, 7) is 9.66. The minimum Gasteiger partial charge on any atom is -0.480 e. The van der Waals surface area contributed by atoms with Crippen molar-refractivity contribution in [3.63, 3.8) is 0 Å². The maximum Gasteiger partial charge on any atom is 0.329 e. The van der Waals surface area contributed by atoms with Gasteiger partial charge in [-0.3, -0.25) is 20.2 Å². The molecule has 1 fully saturated rings. The fraction of sp³-hybridized carbons (Fsp3) is 0.613. The van der Waals surface area contributed by atoms with Crippen LogP contribution in [-0.2, 0) is 33.4 Å². The SMILES string of the molecule is C/C(NN)=C(/S)c1ccc([C@H](C)NC(=O)[C@@H]2CCCN2C(=O)C(NC(=O)COCCOCCOCC(=O)O)C(C)(C)C)cc1.CO. The van der Waals surface area contributed by atoms with E-state index in [4.69, 9.17) is 30.3 Å². The van der Waals surface area contributed by atoms with E-state index in [0.29, 0.717) is 24.3 Å². The van der Waals surface area contributed by atoms with Crippen LogP contribution in [0.5, 0.6) is 0 Å². The molecule has 1 aliphatic heterocycles. The zero-order valence-corrected chi connectivity index (χ0v) is 28.5. The first-order chi connectivity index (χ1) is 21.8. The number of carboxylic acid groups (broad SMARTS) is 1. The highest BCUT2D eigenvalue weighted by Crippen LogP contribution is 2.27. The van der Waals surface area contributed by atoms with Crippen molar-refractivity contribution in [1.29, 1.82) is 0 Å². The molecule has 0 spiro atoms. The summed E-state index contributed by atoms with van der Waals surface area (Å²) in [6.07, 6.45) is 1.20. The highest BCUT2D eigenvalue weighted by atomic mass is 32.1. The van der Waals surface area contributed by atoms with Crippen molar-refractivity contribution in [2.24, 2.45) is 11.3 Å². The molecule has 0 radical (unpaired) electrons. The van der Waals surface area contributed by atoms with Crippen molar-refractivity contribution in [2.75, 3.05) is 53.3 Å². The minimum absolute atomic E-state index is 0.131. The van der Waals surface area contributed by atoms with E-state index in [1.54, 1.807) is 4.90 Å². The van der Waals surface area contributed by atoms with Gasteiger partial charge in [0.05, 0.1) is 32.5 Å². The number of amides is 3. The standard InChI is InChI=1S/C30H47N5O8S.CH4O/c1-19(21-8-10-22(11-9-21)26(44)20(2)34-31)32-28(39)23-7-6-12-35(23)29(40)27(30(3,4)5)33-24(36)17-42-15-13-41-14-16-43-18-25(37)38;1-2/h8-11,19,23,27,34,44H,6-7,12-18,31H2,1-5H3,(H,32,39)(H,33,36)(H,37,38);2H,1H3/b26-20-;/t19-,23-,27?;/m0./s1. The molecule has 46 heavy (non-hydrogen) atoms. The highest BCUT2D eigenvalue weighted by Gasteiger charge is 2.42. The minimum atomic E-state index is -1.06. The zero-order chi connectivity index (χ0) is 34.9. The number of likely N-dealkylation sites (tertiary alicyclic amines) is 1. The Labute approximate surface area is 276 Å². The van der Waals surface area contributed by atoms with Gasteiger partial charge in [0.15, 0.2) is 0 Å². The number of nitrogens with one attached hydrogen (secondary N) is 3. The highest BCUT2D eigenvalue weighted by molar-refractivity contribution is 7.90. The van der Waals surface area contributed by atoms with Crippen LogP contribution >= 0.6 is 12.6 Å². The molecule has 1 saturated heterocycles. The number of aliphatic hydroxyl groups is 1. The Kier molecular flexibility index (Phi) is 18.5. The van der Waals surface area contributed by atoms with Crippen LogP contribution in [0.1, 0.15) is 64.6 Å². The summed E-state index contributed by atoms with van der Waals surface area (Å²) < 4.78 is 15.5. The van der Waals surface area contributed by atoms with Crippen LogP contribution in [0.15, 0.2) is 30.0 Å². The molecule has 3 amide bonds. The Balaban J connectivity index is 0.00000518. The normalized spacial score (nSPS) is 16.4. The third kappa shape index (κ3) is 13.6. The van der Waals surface area contributed by atoms with E-state index in [-0.39, 0.29) is 50.9 Å². The van der Waals surface area contributed by atoms with Crippen molar-refractivity contribution in [3.8, 4) is 0 Å². The zero-order valence-electron chi connectivity index (χ0n) is 27.6. The molecular weight excluding hydrogens is 618 g/mol. The number of hydrogen-bond acceptors (Lipinski definition) is 11. The quantitative estimate of drug-likeness (QED) is 0.0544. The van der Waals surface area contributed by atoms with Gasteiger partial charge >= 0.3 is 5.97 Å². The lowest BCUT2D eigenvalue weighted by Gasteiger charge is -2.35. The topological polar surface area (TPSA) is 202 Å². The lowest BCUT2D eigenvalue weighted by molar-refractivity contribution is -0.144. The number of aliphatic carboxylic acids is 1. The first-order valence-electron chi connectivity index (χ1n) is 15.0. The number of rotatable bonds is 17. The number of carboxylic acids is 1. The molecule has 2 rings (SSSR count). The van der Waals surface area contributed by atoms with Gasteiger partial charge in [-0.25, -0.2) is 4.79 Å². The number of benzene rings is 1. The predicted octanol–water partition coefficient (Wildman–Crippen LogP) is 1.21. The molecule has 260 valence electrons. The second-order valence-corrected chi connectivity index (χ2v) is 12.1. The van der Waals surface area contributed by atoms with Crippen molar-refractivity contribution in [3.05, 3.63) is 41.1 Å². The van der Waals surface area contributed by atoms with Gasteiger partial charge in [-0.1, -0.05) is 45.0 Å². The average Bonchev–Trinajstić information content (AvgIpc) is 3.52. The van der Waals surface area contributed by atoms with Crippen molar-refractivity contribution in [1.82, 2.24) is 21.0 Å². The molecule has 14 nitrogen and oxygen atoms in total. The van der Waals surface area contributed by atoms with Gasteiger partial charge in [0.1, 0.15) is 25.3 Å². The summed E-state index contributed by atoms with van der Waals surface area (Å²) in [5, 5.41) is 21.3. The second-order valence-electron chi connectivity index (χ2n) is 11.6. The first kappa shape index (κ1) is 40.8. The molecule has 1 unspecified atom stereocenters. The smallest absolute Gasteiger partial charge is 0.329 e. The lowest BCUT2D eigenvalue weighted by atomic mass is 9.85. The monoisotopic (exact) mass is 669 g/mol. The van der Waals surface area contributed by atoms with Crippen LogP contribution in [0, 0.1) is 5.41 Å². The van der Waals surface area contributed by atoms with E-state index in [1.807, 2.05) is 58.9 Å². The maximum absolute atomic E-state index is 13.7. The summed E-state index contributed by atoms with van der Waals surface area (Å²) in [5.74, 6) is 3.39. The van der Waals surface area contributed by atoms with Crippen LogP contribution in [0.2, 0.25) is 0 Å². The Bertz CT molecular complexity index is 1160. The van der Waals surface area contributed by atoms with Gasteiger partial charge in [0.2, 0.25) is 17.7 Å². The number of carbonyl (C=O) groups excluding carboxylic acids is 3. The average molecular weight is 670 g/mol. The lowest BCUT2D eigenvalue weighted by Crippen LogP contribution is -2.58. The summed E-state index contributed by atoms with van der Waals surface area (Å²) in [4.78, 5) is 52.4. The molecular formula is C31H51N5O9S. The number of carbonyl (C=O) groups is 4. The number of nitrogens with zero attached hydrogens (tertiary/aromatic N) is 1. The number of allylic oxidation sites excluding steroid dienone is 1. The number of hydrazine groups is 1. The van der Waals surface area contributed by atoms with E-state index >= 15 is 0 Å². The largest absolute Gasteiger partial charge is 0.480 e. The van der Waals surface area contributed by atoms with Gasteiger partial charge < -0.3 is 45.4 Å². The predicted molar refractivity (Wildman–Crippen MR) is 176 cm³/mol. The van der Waals surface area contributed by atoms with Crippen molar-refractivity contribution in [2.45, 2.75) is 65.6 Å². The number of hydrogen-bond donors (Lipinski definition) is 7. The van der Waals surface area contributed by atoms with E-state index in [0.717, 1.165) is 23.9 Å². The van der Waals surface area contributed by atoms with E-state index < -0.39 is 36.0 Å². The van der Waals surface area contributed by atoms with E-state index in [9.17, 15) is 19.2 Å². The number of thiol groups is 1. The van der Waals surface area contributed by atoms with Gasteiger partial charge in [-0.05, 0) is 43.2 Å². The maximum atomic E-state index is 13.7. The van der Waals surface area contributed by atoms with Gasteiger partial charge in [0.25, 0.3) is 0 Å². The Morgan fingerprint density at radius 3 is 2.11 bits per heavy atom. The summed E-state index contributed by atoms with van der Waals surface area (Å²) in [7, 11) is 1.00. The molecule has 0 aromatic heterocycles. The summed E-state index contributed by atoms with van der Waals surface area (Å²) in [5.41, 5.74) is 4.47. The fourth-order valence-electron chi connectivity index (χ4n) is 4.59. The van der Waals surface area contributed by atoms with Crippen molar-refractivity contribution < 1.29 is 43.6 Å². The number of aliphatic hydroxyl groups excluding tert-OH is 1. The van der Waals surface area contributed by atoms with Crippen LogP contribution in [0.3, 0.4) is 0 Å². The van der Waals surface area contributed by atoms with Crippen molar-refractivity contribution >= 4 is 41.2 Å². The molecule has 1 aromatic carbocycles. The van der Waals surface area contributed by atoms with Gasteiger partial charge in [-0.2, -0.15) is 0 Å². The Morgan fingerprint density at radius 2 is 1.57 bits per heavy atom. The van der Waals surface area contributed by atoms with Gasteiger partial charge in [0, 0.05) is 24.3 Å². The molecule has 0 saturated carbocycles. The number of ether oxygens (including phenoxy) is 3. The van der Waals surface area contributed by atoms with Crippen LogP contribution < -0.4 is 21.9 Å². The first-order valence-corrected chi connectivity index (χ1v) is 15.5. The molecule has 15 heteroatoms. The molecule has 0 bridgehead atoms. The van der Waals surface area contributed by atoms with Gasteiger partial charge in [-0.15, -0.1) is 12.6 Å². The van der Waals surface area contributed by atoms with E-state index in [1.165, 1.54) is 0 Å². The van der Waals surface area contributed by atoms with Crippen LogP contribution in [-0.4, -0.2) is 104 Å².